The molecule has 0 bridgehead atoms. The SMILES string of the molecule is C=CC(C=C)O[SiH3]. The Balaban J connectivity index is 3.36. The van der Waals surface area contributed by atoms with Gasteiger partial charge in [-0.3, -0.25) is 0 Å². The maximum atomic E-state index is 4.95. The smallest absolute Gasteiger partial charge is 0.147 e. The minimum atomic E-state index is 0.0756. The molecule has 0 radical (unpaired) electrons. The Bertz CT molecular complexity index is 62.5. The van der Waals surface area contributed by atoms with E-state index in [1.807, 2.05) is 0 Å². The molecule has 0 aromatic rings. The van der Waals surface area contributed by atoms with Crippen molar-refractivity contribution in [3.05, 3.63) is 25.3 Å². The van der Waals surface area contributed by atoms with Gasteiger partial charge in [0, 0.05) is 0 Å². The molecular weight excluding hydrogens is 104 g/mol. The van der Waals surface area contributed by atoms with E-state index < -0.39 is 0 Å². The average molecular weight is 114 g/mol. The summed E-state index contributed by atoms with van der Waals surface area (Å²) in [5.74, 6) is 0. The lowest BCUT2D eigenvalue weighted by Gasteiger charge is -2.00. The minimum Gasteiger partial charge on any atom is -0.418 e. The van der Waals surface area contributed by atoms with Crippen molar-refractivity contribution in [3.63, 3.8) is 0 Å². The largest absolute Gasteiger partial charge is 0.418 e. The van der Waals surface area contributed by atoms with E-state index in [0.29, 0.717) is 0 Å². The fraction of sp³-hybridized carbons (Fsp3) is 0.200. The Morgan fingerprint density at radius 3 is 1.86 bits per heavy atom. The number of hydrogen-bond donors (Lipinski definition) is 0. The Morgan fingerprint density at radius 2 is 1.86 bits per heavy atom. The van der Waals surface area contributed by atoms with E-state index in [9.17, 15) is 0 Å². The summed E-state index contributed by atoms with van der Waals surface area (Å²) in [5, 5.41) is 0. The first-order valence-electron chi connectivity index (χ1n) is 2.13. The second-order valence-corrected chi connectivity index (χ2v) is 1.64. The van der Waals surface area contributed by atoms with Gasteiger partial charge in [0.15, 0.2) is 0 Å². The Hall–Kier alpha value is -0.343. The van der Waals surface area contributed by atoms with Crippen LogP contribution in [0.25, 0.3) is 0 Å². The molecule has 0 aromatic heterocycles. The van der Waals surface area contributed by atoms with Gasteiger partial charge in [-0.05, 0) is 0 Å². The van der Waals surface area contributed by atoms with Gasteiger partial charge in [0.05, 0.1) is 6.10 Å². The second-order valence-electron chi connectivity index (χ2n) is 1.17. The van der Waals surface area contributed by atoms with Gasteiger partial charge in [0.25, 0.3) is 0 Å². The van der Waals surface area contributed by atoms with E-state index in [-0.39, 0.29) is 6.10 Å². The zero-order valence-corrected chi connectivity index (χ0v) is 6.55. The van der Waals surface area contributed by atoms with Crippen LogP contribution >= 0.6 is 0 Å². The van der Waals surface area contributed by atoms with Crippen molar-refractivity contribution in [1.82, 2.24) is 0 Å². The molecule has 0 unspecified atom stereocenters. The fourth-order valence-corrected chi connectivity index (χ4v) is 0.674. The van der Waals surface area contributed by atoms with Crippen molar-refractivity contribution in [2.45, 2.75) is 6.10 Å². The third-order valence-electron chi connectivity index (χ3n) is 0.737. The van der Waals surface area contributed by atoms with Gasteiger partial charge in [0.2, 0.25) is 0 Å². The third-order valence-corrected chi connectivity index (χ3v) is 1.28. The van der Waals surface area contributed by atoms with Gasteiger partial charge in [-0.25, -0.2) is 0 Å². The molecule has 0 saturated heterocycles. The van der Waals surface area contributed by atoms with Crippen LogP contribution in [-0.4, -0.2) is 16.6 Å². The minimum absolute atomic E-state index is 0.0756. The molecule has 0 aliphatic heterocycles. The molecule has 1 nitrogen and oxygen atoms in total. The van der Waals surface area contributed by atoms with Crippen LogP contribution in [0.5, 0.6) is 0 Å². The molecule has 0 saturated carbocycles. The van der Waals surface area contributed by atoms with E-state index >= 15 is 0 Å². The van der Waals surface area contributed by atoms with E-state index in [1.54, 1.807) is 12.2 Å². The summed E-state index contributed by atoms with van der Waals surface area (Å²) in [6.07, 6.45) is 3.52. The zero-order valence-electron chi connectivity index (χ0n) is 4.55. The number of rotatable bonds is 3. The molecule has 0 amide bonds. The summed E-state index contributed by atoms with van der Waals surface area (Å²) >= 11 is 0. The average Bonchev–Trinajstić information content (AvgIpc) is 1.72. The van der Waals surface area contributed by atoms with Gasteiger partial charge < -0.3 is 4.43 Å². The van der Waals surface area contributed by atoms with Gasteiger partial charge in [-0.2, -0.15) is 0 Å². The highest BCUT2D eigenvalue weighted by molar-refractivity contribution is 5.98. The van der Waals surface area contributed by atoms with Crippen LogP contribution in [0, 0.1) is 0 Å². The van der Waals surface area contributed by atoms with Crippen LogP contribution in [0.1, 0.15) is 0 Å². The number of hydrogen-bond acceptors (Lipinski definition) is 1. The van der Waals surface area contributed by atoms with Gasteiger partial charge in [-0.1, -0.05) is 12.2 Å². The quantitative estimate of drug-likeness (QED) is 0.371. The lowest BCUT2D eigenvalue weighted by molar-refractivity contribution is 0.328. The maximum absolute atomic E-state index is 4.95. The predicted octanol–water partition coefficient (Wildman–Crippen LogP) is 0.0240. The zero-order chi connectivity index (χ0) is 5.70. The summed E-state index contributed by atoms with van der Waals surface area (Å²) in [6, 6.07) is 0. The summed E-state index contributed by atoms with van der Waals surface area (Å²) in [5.41, 5.74) is 0. The van der Waals surface area contributed by atoms with Crippen LogP contribution in [-0.2, 0) is 4.43 Å². The molecule has 0 aliphatic carbocycles. The lowest BCUT2D eigenvalue weighted by Crippen LogP contribution is -2.00. The molecule has 0 atom stereocenters. The summed E-state index contributed by atoms with van der Waals surface area (Å²) in [6.45, 7) is 7.06. The molecular formula is C5H10OSi. The van der Waals surface area contributed by atoms with Crippen molar-refractivity contribution in [1.29, 1.82) is 0 Å². The first-order valence-corrected chi connectivity index (χ1v) is 2.94. The molecule has 0 fully saturated rings. The van der Waals surface area contributed by atoms with Gasteiger partial charge in [0.1, 0.15) is 10.5 Å². The Kier molecular flexibility index (Phi) is 3.65. The van der Waals surface area contributed by atoms with E-state index in [4.69, 9.17) is 4.43 Å². The fourth-order valence-electron chi connectivity index (χ4n) is 0.289. The summed E-state index contributed by atoms with van der Waals surface area (Å²) in [7, 11) is 0.749. The molecule has 7 heavy (non-hydrogen) atoms. The van der Waals surface area contributed by atoms with Crippen molar-refractivity contribution >= 4 is 10.5 Å². The molecule has 0 aromatic carbocycles. The van der Waals surface area contributed by atoms with Crippen molar-refractivity contribution < 1.29 is 4.43 Å². The Morgan fingerprint density at radius 1 is 1.43 bits per heavy atom. The van der Waals surface area contributed by atoms with Gasteiger partial charge in [-0.15, -0.1) is 13.2 Å². The molecule has 0 aliphatic rings. The van der Waals surface area contributed by atoms with Crippen molar-refractivity contribution in [2.75, 3.05) is 0 Å². The Labute approximate surface area is 47.2 Å². The maximum Gasteiger partial charge on any atom is 0.147 e. The molecule has 40 valence electrons. The highest BCUT2D eigenvalue weighted by atomic mass is 28.2. The van der Waals surface area contributed by atoms with E-state index in [0.717, 1.165) is 10.5 Å². The predicted molar refractivity (Wildman–Crippen MR) is 35.2 cm³/mol. The normalized spacial score (nSPS) is 9.29. The first kappa shape index (κ1) is 6.66. The highest BCUT2D eigenvalue weighted by Gasteiger charge is 1.87. The standard InChI is InChI=1S/C5H10OSi/c1-3-5(4-2)6-7/h3-5H,1-2H2,7H3. The summed E-state index contributed by atoms with van der Waals surface area (Å²) < 4.78 is 4.95. The molecule has 2 heteroatoms. The molecule has 0 spiro atoms. The molecule has 0 heterocycles. The van der Waals surface area contributed by atoms with Crippen LogP contribution < -0.4 is 0 Å². The van der Waals surface area contributed by atoms with Gasteiger partial charge >= 0.3 is 0 Å². The van der Waals surface area contributed by atoms with E-state index in [2.05, 4.69) is 13.2 Å². The highest BCUT2D eigenvalue weighted by Crippen LogP contribution is 1.87. The first-order chi connectivity index (χ1) is 3.35. The summed E-state index contributed by atoms with van der Waals surface area (Å²) in [4.78, 5) is 0. The molecule has 0 N–H and O–H groups in total. The van der Waals surface area contributed by atoms with Crippen molar-refractivity contribution in [2.24, 2.45) is 0 Å². The monoisotopic (exact) mass is 114 g/mol. The van der Waals surface area contributed by atoms with Crippen LogP contribution in [0.3, 0.4) is 0 Å². The van der Waals surface area contributed by atoms with Crippen LogP contribution in [0.15, 0.2) is 25.3 Å². The van der Waals surface area contributed by atoms with Crippen molar-refractivity contribution in [3.8, 4) is 0 Å². The van der Waals surface area contributed by atoms with Crippen LogP contribution in [0.4, 0.5) is 0 Å². The second kappa shape index (κ2) is 3.83. The van der Waals surface area contributed by atoms with Crippen LogP contribution in [0.2, 0.25) is 0 Å². The third kappa shape index (κ3) is 2.36. The van der Waals surface area contributed by atoms with E-state index in [1.165, 1.54) is 0 Å². The molecule has 0 rings (SSSR count). The topological polar surface area (TPSA) is 9.23 Å². The lowest BCUT2D eigenvalue weighted by atomic mass is 10.4.